The third kappa shape index (κ3) is 5.01. The Morgan fingerprint density at radius 1 is 1.14 bits per heavy atom. The topological polar surface area (TPSA) is 66.3 Å². The molecule has 8 heteroatoms. The van der Waals surface area contributed by atoms with E-state index in [1.165, 1.54) is 11.3 Å². The number of fused-ring (bicyclic) bond motifs is 1. The number of anilines is 1. The molecule has 0 atom stereocenters. The lowest BCUT2D eigenvalue weighted by Crippen LogP contribution is -2.49. The van der Waals surface area contributed by atoms with Gasteiger partial charge in [0.25, 0.3) is 0 Å². The number of aromatic nitrogens is 3. The maximum absolute atomic E-state index is 12.4. The van der Waals surface area contributed by atoms with Gasteiger partial charge >= 0.3 is 0 Å². The Morgan fingerprint density at radius 3 is 2.66 bits per heavy atom. The van der Waals surface area contributed by atoms with Crippen LogP contribution in [-0.2, 0) is 11.3 Å². The molecule has 1 aliphatic heterocycles. The van der Waals surface area contributed by atoms with E-state index in [-0.39, 0.29) is 5.91 Å². The van der Waals surface area contributed by atoms with Crippen molar-refractivity contribution in [2.24, 2.45) is 0 Å². The summed E-state index contributed by atoms with van der Waals surface area (Å²) in [5.41, 5.74) is 0.930. The van der Waals surface area contributed by atoms with E-state index < -0.39 is 0 Å². The fourth-order valence-electron chi connectivity index (χ4n) is 3.72. The molecule has 29 heavy (non-hydrogen) atoms. The molecule has 4 rings (SSSR count). The van der Waals surface area contributed by atoms with Gasteiger partial charge in [0, 0.05) is 57.6 Å². The van der Waals surface area contributed by atoms with Gasteiger partial charge in [0.1, 0.15) is 5.82 Å². The fraction of sp³-hybridized carbons (Fsp3) is 0.476. The highest BCUT2D eigenvalue weighted by molar-refractivity contribution is 7.22. The average Bonchev–Trinajstić information content (AvgIpc) is 3.33. The number of amides is 1. The summed E-state index contributed by atoms with van der Waals surface area (Å²) >= 11 is 1.52. The summed E-state index contributed by atoms with van der Waals surface area (Å²) < 4.78 is 3.34. The van der Waals surface area contributed by atoms with Crippen LogP contribution in [0.25, 0.3) is 10.2 Å². The van der Waals surface area contributed by atoms with Crippen LogP contribution in [0.15, 0.2) is 36.7 Å². The minimum atomic E-state index is 0.0116. The van der Waals surface area contributed by atoms with E-state index >= 15 is 0 Å². The molecule has 1 fully saturated rings. The van der Waals surface area contributed by atoms with Gasteiger partial charge in [-0.3, -0.25) is 14.6 Å². The molecule has 0 radical (unpaired) electrons. The number of nitrogens with one attached hydrogen (secondary N) is 1. The highest BCUT2D eigenvalue weighted by Gasteiger charge is 2.20. The Hall–Kier alpha value is -2.29. The third-order valence-corrected chi connectivity index (χ3v) is 6.25. The van der Waals surface area contributed by atoms with Crippen LogP contribution in [0.1, 0.15) is 25.6 Å². The lowest BCUT2D eigenvalue weighted by molar-refractivity contribution is -0.117. The molecule has 1 N–H and O–H groups in total. The van der Waals surface area contributed by atoms with Crippen molar-refractivity contribution in [3.63, 3.8) is 0 Å². The number of imidazole rings is 1. The van der Waals surface area contributed by atoms with Crippen LogP contribution in [0.3, 0.4) is 0 Å². The Labute approximate surface area is 175 Å². The SMILES string of the molecule is CC(C)c1nccn1CCN1CCN(CC(=O)Nc2nc3ccccc3s2)CC1. The lowest BCUT2D eigenvalue weighted by Gasteiger charge is -2.34. The van der Waals surface area contributed by atoms with E-state index in [9.17, 15) is 4.79 Å². The molecule has 7 nitrogen and oxygen atoms in total. The number of benzene rings is 1. The summed E-state index contributed by atoms with van der Waals surface area (Å²) in [4.78, 5) is 26.0. The number of rotatable bonds is 7. The maximum atomic E-state index is 12.4. The summed E-state index contributed by atoms with van der Waals surface area (Å²) in [5.74, 6) is 1.60. The first-order valence-electron chi connectivity index (χ1n) is 10.2. The van der Waals surface area contributed by atoms with Gasteiger partial charge in [-0.1, -0.05) is 37.3 Å². The van der Waals surface area contributed by atoms with Gasteiger partial charge in [-0.25, -0.2) is 9.97 Å². The lowest BCUT2D eigenvalue weighted by atomic mass is 10.2. The first kappa shape index (κ1) is 20.0. The number of para-hydroxylation sites is 1. The van der Waals surface area contributed by atoms with Crippen LogP contribution in [0.5, 0.6) is 0 Å². The largest absolute Gasteiger partial charge is 0.333 e. The Bertz CT molecular complexity index is 924. The van der Waals surface area contributed by atoms with Crippen molar-refractivity contribution < 1.29 is 4.79 Å². The van der Waals surface area contributed by atoms with Crippen molar-refractivity contribution in [3.05, 3.63) is 42.5 Å². The highest BCUT2D eigenvalue weighted by Crippen LogP contribution is 2.25. The number of piperazine rings is 1. The summed E-state index contributed by atoms with van der Waals surface area (Å²) in [6, 6.07) is 7.94. The highest BCUT2D eigenvalue weighted by atomic mass is 32.1. The second kappa shape index (κ2) is 9.02. The number of nitrogens with zero attached hydrogens (tertiary/aromatic N) is 5. The van der Waals surface area contributed by atoms with Gasteiger partial charge in [0.05, 0.1) is 16.8 Å². The van der Waals surface area contributed by atoms with Crippen molar-refractivity contribution >= 4 is 32.6 Å². The second-order valence-electron chi connectivity index (χ2n) is 7.79. The zero-order valence-corrected chi connectivity index (χ0v) is 17.9. The molecule has 0 saturated carbocycles. The Morgan fingerprint density at radius 2 is 1.90 bits per heavy atom. The van der Waals surface area contributed by atoms with Gasteiger partial charge in [-0.2, -0.15) is 0 Å². The summed E-state index contributed by atoms with van der Waals surface area (Å²) in [7, 11) is 0. The van der Waals surface area contributed by atoms with Crippen molar-refractivity contribution in [3.8, 4) is 0 Å². The number of hydrogen-bond acceptors (Lipinski definition) is 6. The van der Waals surface area contributed by atoms with Crippen LogP contribution < -0.4 is 5.32 Å². The molecule has 1 saturated heterocycles. The van der Waals surface area contributed by atoms with Gasteiger partial charge < -0.3 is 9.88 Å². The van der Waals surface area contributed by atoms with E-state index in [1.54, 1.807) is 0 Å². The van der Waals surface area contributed by atoms with Crippen LogP contribution in [0, 0.1) is 0 Å². The van der Waals surface area contributed by atoms with E-state index in [4.69, 9.17) is 0 Å². The first-order valence-corrected chi connectivity index (χ1v) is 11.0. The molecule has 3 aromatic rings. The average molecular weight is 413 g/mol. The minimum absolute atomic E-state index is 0.0116. The zero-order chi connectivity index (χ0) is 20.2. The molecule has 0 aliphatic carbocycles. The van der Waals surface area contributed by atoms with Crippen LogP contribution in [0.2, 0.25) is 0 Å². The van der Waals surface area contributed by atoms with Crippen molar-refractivity contribution in [1.29, 1.82) is 0 Å². The quantitative estimate of drug-likeness (QED) is 0.646. The third-order valence-electron chi connectivity index (χ3n) is 5.29. The molecule has 0 unspecified atom stereocenters. The van der Waals surface area contributed by atoms with E-state index in [0.717, 1.165) is 55.3 Å². The fourth-order valence-corrected chi connectivity index (χ4v) is 4.60. The van der Waals surface area contributed by atoms with Gasteiger partial charge in [0.15, 0.2) is 5.13 Å². The predicted molar refractivity (Wildman–Crippen MR) is 117 cm³/mol. The molecule has 2 aromatic heterocycles. The van der Waals surface area contributed by atoms with E-state index in [1.807, 2.05) is 30.5 Å². The summed E-state index contributed by atoms with van der Waals surface area (Å²) in [6.45, 7) is 10.5. The number of hydrogen-bond donors (Lipinski definition) is 1. The normalized spacial score (nSPS) is 16.0. The number of carbonyl (C=O) groups excluding carboxylic acids is 1. The standard InChI is InChI=1S/C21H28N6OS/c1-16(2)20-22-7-8-27(20)14-13-25-9-11-26(12-10-25)15-19(28)24-21-23-17-5-3-4-6-18(17)29-21/h3-8,16H,9-15H2,1-2H3,(H,23,24,28). The smallest absolute Gasteiger partial charge is 0.240 e. The molecular weight excluding hydrogens is 384 g/mol. The number of carbonyl (C=O) groups is 1. The van der Waals surface area contributed by atoms with Crippen LogP contribution >= 0.6 is 11.3 Å². The summed E-state index contributed by atoms with van der Waals surface area (Å²) in [6.07, 6.45) is 3.95. The molecule has 1 amide bonds. The number of thiazole rings is 1. The minimum Gasteiger partial charge on any atom is -0.333 e. The van der Waals surface area contributed by atoms with Crippen molar-refractivity contribution in [1.82, 2.24) is 24.3 Å². The Balaban J connectivity index is 1.21. The monoisotopic (exact) mass is 412 g/mol. The Kier molecular flexibility index (Phi) is 6.22. The maximum Gasteiger partial charge on any atom is 0.240 e. The molecule has 154 valence electrons. The van der Waals surface area contributed by atoms with Gasteiger partial charge in [0.2, 0.25) is 5.91 Å². The molecular formula is C21H28N6OS. The van der Waals surface area contributed by atoms with E-state index in [0.29, 0.717) is 17.6 Å². The molecule has 1 aliphatic rings. The summed E-state index contributed by atoms with van der Waals surface area (Å²) in [5, 5.41) is 3.63. The molecule has 3 heterocycles. The van der Waals surface area contributed by atoms with Crippen molar-refractivity contribution in [2.45, 2.75) is 26.3 Å². The van der Waals surface area contributed by atoms with Gasteiger partial charge in [-0.05, 0) is 12.1 Å². The predicted octanol–water partition coefficient (Wildman–Crippen LogP) is 2.87. The first-order chi connectivity index (χ1) is 14.1. The zero-order valence-electron chi connectivity index (χ0n) is 17.0. The molecule has 0 bridgehead atoms. The van der Waals surface area contributed by atoms with Crippen LogP contribution in [-0.4, -0.2) is 69.5 Å². The molecule has 0 spiro atoms. The second-order valence-corrected chi connectivity index (χ2v) is 8.82. The molecule has 1 aromatic carbocycles. The van der Waals surface area contributed by atoms with Crippen LogP contribution in [0.4, 0.5) is 5.13 Å². The van der Waals surface area contributed by atoms with Gasteiger partial charge in [-0.15, -0.1) is 0 Å². The van der Waals surface area contributed by atoms with E-state index in [2.05, 4.69) is 49.7 Å². The van der Waals surface area contributed by atoms with Crippen molar-refractivity contribution in [2.75, 3.05) is 44.6 Å².